The van der Waals surface area contributed by atoms with E-state index in [4.69, 9.17) is 0 Å². The number of rotatable bonds is 1. The Bertz CT molecular complexity index is 596. The van der Waals surface area contributed by atoms with Gasteiger partial charge in [0.1, 0.15) is 5.69 Å². The minimum Gasteiger partial charge on any atom is -0.339 e. The highest BCUT2D eigenvalue weighted by atomic mass is 79.9. The summed E-state index contributed by atoms with van der Waals surface area (Å²) in [6.45, 7) is 4.03. The summed E-state index contributed by atoms with van der Waals surface area (Å²) >= 11 is 3.08. The van der Waals surface area contributed by atoms with Gasteiger partial charge in [0.25, 0.3) is 0 Å². The Morgan fingerprint density at radius 3 is 2.33 bits per heavy atom. The van der Waals surface area contributed by atoms with Crippen molar-refractivity contribution in [2.45, 2.75) is 25.9 Å². The van der Waals surface area contributed by atoms with Gasteiger partial charge in [-0.15, -0.1) is 0 Å². The third-order valence-electron chi connectivity index (χ3n) is 3.10. The molecule has 98 valence electrons. The van der Waals surface area contributed by atoms with Gasteiger partial charge >= 0.3 is 6.18 Å². The van der Waals surface area contributed by atoms with Crippen LogP contribution in [0.15, 0.2) is 22.7 Å². The fourth-order valence-electron chi connectivity index (χ4n) is 2.09. The number of hydrogen-bond donors (Lipinski definition) is 0. The summed E-state index contributed by atoms with van der Waals surface area (Å²) in [7, 11) is 1.44. The van der Waals surface area contributed by atoms with Crippen molar-refractivity contribution in [3.8, 4) is 0 Å². The van der Waals surface area contributed by atoms with E-state index in [9.17, 15) is 13.2 Å². The molecule has 0 aliphatic carbocycles. The lowest BCUT2D eigenvalue weighted by atomic mass is 10.0. The molecule has 0 spiro atoms. The zero-order chi connectivity index (χ0) is 13.7. The van der Waals surface area contributed by atoms with E-state index in [2.05, 4.69) is 15.9 Å². The van der Waals surface area contributed by atoms with Crippen LogP contribution in [-0.4, -0.2) is 4.57 Å². The summed E-state index contributed by atoms with van der Waals surface area (Å²) in [5.41, 5.74) is 0.972. The van der Waals surface area contributed by atoms with Crippen LogP contribution in [0.4, 0.5) is 13.2 Å². The molecule has 18 heavy (non-hydrogen) atoms. The summed E-state index contributed by atoms with van der Waals surface area (Å²) in [6, 6.07) is 5.43. The first kappa shape index (κ1) is 13.5. The monoisotopic (exact) mass is 319 g/mol. The molecule has 0 N–H and O–H groups in total. The van der Waals surface area contributed by atoms with Gasteiger partial charge in [-0.05, 0) is 39.5 Å². The molecule has 1 heterocycles. The summed E-state index contributed by atoms with van der Waals surface area (Å²) in [5, 5.41) is 0.607. The highest BCUT2D eigenvalue weighted by Crippen LogP contribution is 2.41. The Kier molecular flexibility index (Phi) is 3.21. The lowest BCUT2D eigenvalue weighted by Crippen LogP contribution is -2.11. The van der Waals surface area contributed by atoms with Crippen molar-refractivity contribution in [3.05, 3.63) is 33.9 Å². The van der Waals surface area contributed by atoms with Gasteiger partial charge in [0.05, 0.1) is 4.47 Å². The fraction of sp³-hybridized carbons (Fsp3) is 0.385. The standard InChI is InChI=1S/C13H13BrF3N/c1-7(2)8-4-5-10-9(6-8)11(14)12(18(10)3)13(15,16)17/h4-7H,1-3H3. The summed E-state index contributed by atoms with van der Waals surface area (Å²) in [6.07, 6.45) is -4.36. The molecule has 0 unspecified atom stereocenters. The van der Waals surface area contributed by atoms with Crippen molar-refractivity contribution in [2.24, 2.45) is 7.05 Å². The highest BCUT2D eigenvalue weighted by molar-refractivity contribution is 9.10. The normalized spacial score (nSPS) is 12.7. The predicted molar refractivity (Wildman–Crippen MR) is 69.7 cm³/mol. The van der Waals surface area contributed by atoms with Crippen molar-refractivity contribution in [2.75, 3.05) is 0 Å². The SMILES string of the molecule is CC(C)c1ccc2c(c1)c(Br)c(C(F)(F)F)n2C. The number of aromatic nitrogens is 1. The van der Waals surface area contributed by atoms with Gasteiger partial charge in [0.15, 0.2) is 0 Å². The Morgan fingerprint density at radius 1 is 1.22 bits per heavy atom. The Hall–Kier alpha value is -0.970. The molecule has 1 nitrogen and oxygen atoms in total. The largest absolute Gasteiger partial charge is 0.432 e. The molecule has 0 bridgehead atoms. The minimum absolute atomic E-state index is 0.120. The Balaban J connectivity index is 2.78. The molecular weight excluding hydrogens is 307 g/mol. The van der Waals surface area contributed by atoms with Crippen molar-refractivity contribution >= 4 is 26.8 Å². The third kappa shape index (κ3) is 2.05. The Labute approximate surface area is 112 Å². The molecule has 0 amide bonds. The fourth-order valence-corrected chi connectivity index (χ4v) is 2.90. The Morgan fingerprint density at radius 2 is 1.83 bits per heavy atom. The van der Waals surface area contributed by atoms with Crippen LogP contribution in [0.1, 0.15) is 31.0 Å². The molecule has 0 fully saturated rings. The molecular formula is C13H13BrF3N. The summed E-state index contributed by atoms with van der Waals surface area (Å²) in [5.74, 6) is 0.288. The lowest BCUT2D eigenvalue weighted by Gasteiger charge is -2.08. The van der Waals surface area contributed by atoms with E-state index in [0.717, 1.165) is 5.56 Å². The molecule has 0 aliphatic heterocycles. The van der Waals surface area contributed by atoms with Crippen LogP contribution in [-0.2, 0) is 13.2 Å². The van der Waals surface area contributed by atoms with Crippen molar-refractivity contribution in [3.63, 3.8) is 0 Å². The number of fused-ring (bicyclic) bond motifs is 1. The molecule has 0 aliphatic rings. The smallest absolute Gasteiger partial charge is 0.339 e. The van der Waals surface area contributed by atoms with E-state index < -0.39 is 11.9 Å². The number of hydrogen-bond acceptors (Lipinski definition) is 0. The van der Waals surface area contributed by atoms with Gasteiger partial charge in [0, 0.05) is 18.0 Å². The number of aryl methyl sites for hydroxylation is 1. The first-order valence-electron chi connectivity index (χ1n) is 5.58. The van der Waals surface area contributed by atoms with Gasteiger partial charge < -0.3 is 4.57 Å². The topological polar surface area (TPSA) is 4.93 Å². The molecule has 2 aromatic rings. The van der Waals surface area contributed by atoms with Crippen LogP contribution >= 0.6 is 15.9 Å². The van der Waals surface area contributed by atoms with Gasteiger partial charge in [0.2, 0.25) is 0 Å². The maximum atomic E-state index is 13.0. The van der Waals surface area contributed by atoms with Gasteiger partial charge in [-0.3, -0.25) is 0 Å². The second-order valence-electron chi connectivity index (χ2n) is 4.65. The molecule has 0 atom stereocenters. The average Bonchev–Trinajstić information content (AvgIpc) is 2.50. The third-order valence-corrected chi connectivity index (χ3v) is 3.90. The molecule has 0 radical (unpaired) electrons. The van der Waals surface area contributed by atoms with E-state index in [1.54, 1.807) is 6.07 Å². The zero-order valence-electron chi connectivity index (χ0n) is 10.3. The molecule has 1 aromatic carbocycles. The van der Waals surface area contributed by atoms with E-state index in [0.29, 0.717) is 10.9 Å². The molecule has 5 heteroatoms. The van der Waals surface area contributed by atoms with Gasteiger partial charge in [-0.25, -0.2) is 0 Å². The van der Waals surface area contributed by atoms with E-state index >= 15 is 0 Å². The number of halogens is 4. The van der Waals surface area contributed by atoms with Crippen LogP contribution in [0, 0.1) is 0 Å². The van der Waals surface area contributed by atoms with Crippen molar-refractivity contribution in [1.82, 2.24) is 4.57 Å². The van der Waals surface area contributed by atoms with Gasteiger partial charge in [-0.2, -0.15) is 13.2 Å². The quantitative estimate of drug-likeness (QED) is 0.690. The maximum Gasteiger partial charge on any atom is 0.432 e. The van der Waals surface area contributed by atoms with Crippen LogP contribution in [0.3, 0.4) is 0 Å². The van der Waals surface area contributed by atoms with E-state index in [1.807, 2.05) is 26.0 Å². The van der Waals surface area contributed by atoms with Crippen LogP contribution < -0.4 is 0 Å². The van der Waals surface area contributed by atoms with E-state index in [1.165, 1.54) is 11.6 Å². The van der Waals surface area contributed by atoms with Crippen LogP contribution in [0.5, 0.6) is 0 Å². The second kappa shape index (κ2) is 4.30. The highest BCUT2D eigenvalue weighted by Gasteiger charge is 2.37. The first-order chi connectivity index (χ1) is 8.23. The van der Waals surface area contributed by atoms with Gasteiger partial charge in [-0.1, -0.05) is 19.9 Å². The number of benzene rings is 1. The van der Waals surface area contributed by atoms with Crippen molar-refractivity contribution < 1.29 is 13.2 Å². The second-order valence-corrected chi connectivity index (χ2v) is 5.44. The van der Waals surface area contributed by atoms with E-state index in [-0.39, 0.29) is 10.4 Å². The predicted octanol–water partition coefficient (Wildman–Crippen LogP) is 5.08. The lowest BCUT2D eigenvalue weighted by molar-refractivity contribution is -0.143. The number of alkyl halides is 3. The first-order valence-corrected chi connectivity index (χ1v) is 6.37. The van der Waals surface area contributed by atoms with Crippen molar-refractivity contribution in [1.29, 1.82) is 0 Å². The number of nitrogens with zero attached hydrogens (tertiary/aromatic N) is 1. The summed E-state index contributed by atoms with van der Waals surface area (Å²) in [4.78, 5) is 0. The molecule has 0 saturated heterocycles. The average molecular weight is 320 g/mol. The minimum atomic E-state index is -4.36. The van der Waals surface area contributed by atoms with Crippen LogP contribution in [0.25, 0.3) is 10.9 Å². The summed E-state index contributed by atoms with van der Waals surface area (Å²) < 4.78 is 40.2. The van der Waals surface area contributed by atoms with Crippen LogP contribution in [0.2, 0.25) is 0 Å². The molecule has 0 saturated carbocycles. The molecule has 2 rings (SSSR count). The maximum absolute atomic E-state index is 13.0. The zero-order valence-corrected chi connectivity index (χ0v) is 11.9. The molecule has 1 aromatic heterocycles.